The largest absolute Gasteiger partial charge is 0.497 e. The Morgan fingerprint density at radius 2 is 1.96 bits per heavy atom. The molecule has 2 aromatic rings. The van der Waals surface area contributed by atoms with E-state index in [2.05, 4.69) is 25.7 Å². The molecule has 1 aliphatic rings. The van der Waals surface area contributed by atoms with Crippen molar-refractivity contribution < 1.29 is 14.2 Å². The third kappa shape index (κ3) is 5.60. The van der Waals surface area contributed by atoms with Crippen LogP contribution in [0.3, 0.4) is 0 Å². The molecule has 152 valence electrons. The Bertz CT molecular complexity index is 771. The van der Waals surface area contributed by atoms with Crippen molar-refractivity contribution in [2.75, 3.05) is 58.9 Å². The van der Waals surface area contributed by atoms with Crippen molar-refractivity contribution in [1.29, 1.82) is 0 Å². The summed E-state index contributed by atoms with van der Waals surface area (Å²) in [6, 6.07) is 7.40. The highest BCUT2D eigenvalue weighted by Crippen LogP contribution is 2.28. The van der Waals surface area contributed by atoms with Crippen LogP contribution < -0.4 is 24.8 Å². The number of ether oxygens (including phenoxy) is 3. The molecule has 2 N–H and O–H groups in total. The summed E-state index contributed by atoms with van der Waals surface area (Å²) in [4.78, 5) is 2.36. The topological polar surface area (TPSA) is 80.8 Å². The van der Waals surface area contributed by atoms with Crippen molar-refractivity contribution >= 4 is 17.3 Å². The number of hydrogen-bond donors (Lipinski definition) is 2. The lowest BCUT2D eigenvalue weighted by atomic mass is 10.2. The number of hydrogen-bond acceptors (Lipinski definition) is 8. The number of piperazine rings is 1. The molecule has 0 atom stereocenters. The number of benzene rings is 1. The van der Waals surface area contributed by atoms with Gasteiger partial charge in [0.25, 0.3) is 5.88 Å². The van der Waals surface area contributed by atoms with Crippen LogP contribution in [0.4, 0.5) is 5.69 Å². The van der Waals surface area contributed by atoms with Gasteiger partial charge >= 0.3 is 0 Å². The van der Waals surface area contributed by atoms with Gasteiger partial charge in [0.15, 0.2) is 5.15 Å². The van der Waals surface area contributed by atoms with Gasteiger partial charge < -0.3 is 24.8 Å². The summed E-state index contributed by atoms with van der Waals surface area (Å²) in [5.41, 5.74) is 1.67. The molecule has 1 aromatic heterocycles. The molecule has 1 saturated heterocycles. The lowest BCUT2D eigenvalue weighted by Gasteiger charge is -2.26. The number of nitrogens with zero attached hydrogens (tertiary/aromatic N) is 3. The molecule has 0 unspecified atom stereocenters. The fourth-order valence-electron chi connectivity index (χ4n) is 2.98. The SMILES string of the molecule is COc1ccc(CNc2cc(Cl)nnc2OCCN2CCNCC2)c(OC)c1. The van der Waals surface area contributed by atoms with Gasteiger partial charge in [-0.1, -0.05) is 11.6 Å². The Balaban J connectivity index is 1.62. The number of nitrogens with one attached hydrogen (secondary N) is 2. The maximum absolute atomic E-state index is 6.03. The maximum atomic E-state index is 6.03. The fraction of sp³-hybridized carbons (Fsp3) is 0.474. The van der Waals surface area contributed by atoms with Crippen molar-refractivity contribution in [3.05, 3.63) is 35.0 Å². The average molecular weight is 408 g/mol. The van der Waals surface area contributed by atoms with Crippen molar-refractivity contribution in [3.8, 4) is 17.4 Å². The highest BCUT2D eigenvalue weighted by Gasteiger charge is 2.13. The van der Waals surface area contributed by atoms with Crippen molar-refractivity contribution in [2.45, 2.75) is 6.54 Å². The molecular weight excluding hydrogens is 382 g/mol. The number of methoxy groups -OCH3 is 2. The van der Waals surface area contributed by atoms with Crippen LogP contribution in [-0.2, 0) is 6.54 Å². The van der Waals surface area contributed by atoms with Crippen LogP contribution in [0.2, 0.25) is 5.15 Å². The van der Waals surface area contributed by atoms with Crippen LogP contribution in [0, 0.1) is 0 Å². The van der Waals surface area contributed by atoms with E-state index in [0.29, 0.717) is 29.9 Å². The highest BCUT2D eigenvalue weighted by atomic mass is 35.5. The van der Waals surface area contributed by atoms with Crippen LogP contribution >= 0.6 is 11.6 Å². The zero-order valence-corrected chi connectivity index (χ0v) is 17.0. The van der Waals surface area contributed by atoms with Crippen molar-refractivity contribution in [1.82, 2.24) is 20.4 Å². The molecule has 8 nitrogen and oxygen atoms in total. The molecule has 9 heteroatoms. The number of halogens is 1. The van der Waals surface area contributed by atoms with Crippen LogP contribution in [0.25, 0.3) is 0 Å². The smallest absolute Gasteiger partial charge is 0.257 e. The normalized spacial score (nSPS) is 14.5. The molecular formula is C19H26ClN5O3. The molecule has 3 rings (SSSR count). The predicted octanol–water partition coefficient (Wildman–Crippen LogP) is 2.04. The second-order valence-corrected chi connectivity index (χ2v) is 6.74. The number of rotatable bonds is 9. The first kappa shape index (κ1) is 20.4. The van der Waals surface area contributed by atoms with E-state index in [9.17, 15) is 0 Å². The van der Waals surface area contributed by atoms with E-state index in [1.165, 1.54) is 0 Å². The maximum Gasteiger partial charge on any atom is 0.257 e. The van der Waals surface area contributed by atoms with E-state index in [1.54, 1.807) is 20.3 Å². The summed E-state index contributed by atoms with van der Waals surface area (Å²) >= 11 is 6.03. The second-order valence-electron chi connectivity index (χ2n) is 6.36. The molecule has 2 heterocycles. The third-order valence-electron chi connectivity index (χ3n) is 4.55. The second kappa shape index (κ2) is 10.3. The van der Waals surface area contributed by atoms with Gasteiger partial charge in [-0.2, -0.15) is 0 Å². The molecule has 1 aliphatic heterocycles. The molecule has 0 aliphatic carbocycles. The number of anilines is 1. The van der Waals surface area contributed by atoms with E-state index in [0.717, 1.165) is 49.8 Å². The number of aromatic nitrogens is 2. The van der Waals surface area contributed by atoms with E-state index in [1.807, 2.05) is 18.2 Å². The van der Waals surface area contributed by atoms with Crippen molar-refractivity contribution in [3.63, 3.8) is 0 Å². The van der Waals surface area contributed by atoms with Crippen LogP contribution in [0.15, 0.2) is 24.3 Å². The van der Waals surface area contributed by atoms with Crippen molar-refractivity contribution in [2.24, 2.45) is 0 Å². The molecule has 0 amide bonds. The first-order chi connectivity index (χ1) is 13.7. The molecule has 0 spiro atoms. The highest BCUT2D eigenvalue weighted by molar-refractivity contribution is 6.29. The Hall–Kier alpha value is -2.29. The molecule has 28 heavy (non-hydrogen) atoms. The summed E-state index contributed by atoms with van der Waals surface area (Å²) in [7, 11) is 3.26. The Morgan fingerprint density at radius 1 is 1.14 bits per heavy atom. The third-order valence-corrected chi connectivity index (χ3v) is 4.73. The standard InChI is InChI=1S/C19H26ClN5O3/c1-26-15-4-3-14(17(11-15)27-2)13-22-16-12-18(20)23-24-19(16)28-10-9-25-7-5-21-6-8-25/h3-4,11-12,21H,5-10,13H2,1-2H3,(H,22,23). The average Bonchev–Trinajstić information content (AvgIpc) is 2.74. The summed E-state index contributed by atoms with van der Waals surface area (Å²) in [5, 5.41) is 15.0. The summed E-state index contributed by atoms with van der Waals surface area (Å²) in [6.45, 7) is 5.97. The molecule has 0 radical (unpaired) electrons. The summed E-state index contributed by atoms with van der Waals surface area (Å²) in [6.07, 6.45) is 0. The lowest BCUT2D eigenvalue weighted by Crippen LogP contribution is -2.44. The Morgan fingerprint density at radius 3 is 2.71 bits per heavy atom. The first-order valence-electron chi connectivity index (χ1n) is 9.23. The van der Waals surface area contributed by atoms with Gasteiger partial charge in [0.2, 0.25) is 0 Å². The first-order valence-corrected chi connectivity index (χ1v) is 9.61. The van der Waals surface area contributed by atoms with Gasteiger partial charge in [0, 0.05) is 57.0 Å². The minimum absolute atomic E-state index is 0.304. The summed E-state index contributed by atoms with van der Waals surface area (Å²) in [5.74, 6) is 1.92. The summed E-state index contributed by atoms with van der Waals surface area (Å²) < 4.78 is 16.6. The molecule has 1 aromatic carbocycles. The van der Waals surface area contributed by atoms with E-state index in [-0.39, 0.29) is 0 Å². The fourth-order valence-corrected chi connectivity index (χ4v) is 3.13. The minimum Gasteiger partial charge on any atom is -0.497 e. The van der Waals surface area contributed by atoms with Crippen LogP contribution in [-0.4, -0.2) is 68.6 Å². The van der Waals surface area contributed by atoms with E-state index in [4.69, 9.17) is 25.8 Å². The Labute approximate surface area is 170 Å². The predicted molar refractivity (Wildman–Crippen MR) is 109 cm³/mol. The lowest BCUT2D eigenvalue weighted by molar-refractivity contribution is 0.188. The van der Waals surface area contributed by atoms with Crippen LogP contribution in [0.5, 0.6) is 17.4 Å². The van der Waals surface area contributed by atoms with E-state index >= 15 is 0 Å². The van der Waals surface area contributed by atoms with Crippen LogP contribution in [0.1, 0.15) is 5.56 Å². The van der Waals surface area contributed by atoms with Gasteiger partial charge in [-0.3, -0.25) is 4.90 Å². The van der Waals surface area contributed by atoms with Gasteiger partial charge in [-0.15, -0.1) is 10.2 Å². The van der Waals surface area contributed by atoms with Gasteiger partial charge in [-0.25, -0.2) is 0 Å². The van der Waals surface area contributed by atoms with E-state index < -0.39 is 0 Å². The zero-order chi connectivity index (χ0) is 19.8. The quantitative estimate of drug-likeness (QED) is 0.653. The monoisotopic (exact) mass is 407 g/mol. The van der Waals surface area contributed by atoms with Gasteiger partial charge in [0.05, 0.1) is 14.2 Å². The Kier molecular flexibility index (Phi) is 7.53. The molecule has 0 saturated carbocycles. The zero-order valence-electron chi connectivity index (χ0n) is 16.2. The minimum atomic E-state index is 0.304. The molecule has 1 fully saturated rings. The van der Waals surface area contributed by atoms with Gasteiger partial charge in [0.1, 0.15) is 23.8 Å². The molecule has 0 bridgehead atoms. The van der Waals surface area contributed by atoms with Gasteiger partial charge in [-0.05, 0) is 12.1 Å².